The minimum atomic E-state index is -3.15. The van der Waals surface area contributed by atoms with Crippen LogP contribution in [0.3, 0.4) is 0 Å². The molecular weight excluding hydrogens is 316 g/mol. The van der Waals surface area contributed by atoms with Crippen LogP contribution in [0.25, 0.3) is 0 Å². The van der Waals surface area contributed by atoms with Crippen LogP contribution in [0.5, 0.6) is 0 Å². The molecule has 0 bridgehead atoms. The van der Waals surface area contributed by atoms with E-state index in [1.807, 2.05) is 0 Å². The summed E-state index contributed by atoms with van der Waals surface area (Å²) in [4.78, 5) is 12.4. The van der Waals surface area contributed by atoms with Gasteiger partial charge < -0.3 is 10.1 Å². The molecule has 23 heavy (non-hydrogen) atoms. The molecule has 0 aromatic carbocycles. The second kappa shape index (κ2) is 7.94. The zero-order valence-corrected chi connectivity index (χ0v) is 15.2. The number of amides is 1. The van der Waals surface area contributed by atoms with Crippen LogP contribution >= 0.6 is 0 Å². The number of hydrogen-bond acceptors (Lipinski definition) is 4. The number of carbonyl (C=O) groups excluding carboxylic acids is 1. The van der Waals surface area contributed by atoms with Crippen molar-refractivity contribution in [3.05, 3.63) is 0 Å². The van der Waals surface area contributed by atoms with Crippen molar-refractivity contribution in [1.29, 1.82) is 0 Å². The van der Waals surface area contributed by atoms with Crippen molar-refractivity contribution < 1.29 is 17.9 Å². The molecule has 1 aliphatic heterocycles. The summed E-state index contributed by atoms with van der Waals surface area (Å²) in [5.74, 6) is 0.631. The van der Waals surface area contributed by atoms with E-state index in [2.05, 4.69) is 5.32 Å². The topological polar surface area (TPSA) is 75.7 Å². The fraction of sp³-hybridized carbons (Fsp3) is 0.938. The highest BCUT2D eigenvalue weighted by Gasteiger charge is 2.38. The van der Waals surface area contributed by atoms with Crippen LogP contribution in [0.2, 0.25) is 0 Å². The summed E-state index contributed by atoms with van der Waals surface area (Å²) in [6, 6.07) is 0. The van der Waals surface area contributed by atoms with E-state index >= 15 is 0 Å². The first-order valence-corrected chi connectivity index (χ1v) is 10.4. The van der Waals surface area contributed by atoms with Gasteiger partial charge in [-0.15, -0.1) is 0 Å². The van der Waals surface area contributed by atoms with E-state index in [0.29, 0.717) is 44.9 Å². The molecule has 0 unspecified atom stereocenters. The Morgan fingerprint density at radius 3 is 2.39 bits per heavy atom. The Morgan fingerprint density at radius 1 is 1.26 bits per heavy atom. The molecule has 1 saturated heterocycles. The molecule has 7 heteroatoms. The lowest BCUT2D eigenvalue weighted by molar-refractivity contribution is -0.124. The zero-order chi connectivity index (χ0) is 16.9. The maximum atomic E-state index is 12.4. The smallest absolute Gasteiger partial charge is 0.220 e. The Hall–Kier alpha value is -0.660. The Morgan fingerprint density at radius 2 is 1.87 bits per heavy atom. The van der Waals surface area contributed by atoms with Gasteiger partial charge in [0.25, 0.3) is 0 Å². The first-order valence-electron chi connectivity index (χ1n) is 8.60. The number of sulfonamides is 1. The Balaban J connectivity index is 1.94. The number of rotatable bonds is 7. The molecular formula is C16H30N2O4S. The number of ether oxygens (including phenoxy) is 1. The second-order valence-corrected chi connectivity index (χ2v) is 9.07. The highest BCUT2D eigenvalue weighted by Crippen LogP contribution is 2.30. The van der Waals surface area contributed by atoms with Gasteiger partial charge in [0.2, 0.25) is 15.9 Å². The van der Waals surface area contributed by atoms with Crippen LogP contribution in [0, 0.1) is 5.92 Å². The highest BCUT2D eigenvalue weighted by molar-refractivity contribution is 7.88. The average molecular weight is 346 g/mol. The number of piperidine rings is 1. The average Bonchev–Trinajstić information content (AvgIpc) is 2.97. The van der Waals surface area contributed by atoms with Crippen molar-refractivity contribution in [2.24, 2.45) is 5.92 Å². The van der Waals surface area contributed by atoms with E-state index in [-0.39, 0.29) is 11.4 Å². The molecule has 1 N–H and O–H groups in total. The Bertz CT molecular complexity index is 492. The first-order chi connectivity index (χ1) is 10.8. The van der Waals surface area contributed by atoms with Crippen LogP contribution in [0.1, 0.15) is 51.4 Å². The number of nitrogens with zero attached hydrogens (tertiary/aromatic N) is 1. The molecule has 1 saturated carbocycles. The molecule has 2 aliphatic rings. The second-order valence-electron chi connectivity index (χ2n) is 7.09. The predicted octanol–water partition coefficient (Wildman–Crippen LogP) is 1.51. The monoisotopic (exact) mass is 346 g/mol. The van der Waals surface area contributed by atoms with Crippen LogP contribution < -0.4 is 5.32 Å². The summed E-state index contributed by atoms with van der Waals surface area (Å²) in [6.07, 6.45) is 8.66. The lowest BCUT2D eigenvalue weighted by Crippen LogP contribution is -2.56. The molecule has 2 rings (SSSR count). The van der Waals surface area contributed by atoms with E-state index in [9.17, 15) is 13.2 Å². The third-order valence-electron chi connectivity index (χ3n) is 5.29. The summed E-state index contributed by atoms with van der Waals surface area (Å²) in [5, 5.41) is 3.23. The molecule has 134 valence electrons. The minimum absolute atomic E-state index is 0.112. The molecule has 0 radical (unpaired) electrons. The van der Waals surface area contributed by atoms with Gasteiger partial charge in [-0.2, -0.15) is 0 Å². The fourth-order valence-corrected chi connectivity index (χ4v) is 4.65. The van der Waals surface area contributed by atoms with Crippen molar-refractivity contribution in [2.75, 3.05) is 33.1 Å². The van der Waals surface area contributed by atoms with Crippen molar-refractivity contribution in [3.8, 4) is 0 Å². The third-order valence-corrected chi connectivity index (χ3v) is 6.59. The number of carbonyl (C=O) groups is 1. The summed E-state index contributed by atoms with van der Waals surface area (Å²) in [6.45, 7) is 1.50. The van der Waals surface area contributed by atoms with Gasteiger partial charge in [0, 0.05) is 38.8 Å². The lowest BCUT2D eigenvalue weighted by Gasteiger charge is -2.41. The van der Waals surface area contributed by atoms with Crippen molar-refractivity contribution >= 4 is 15.9 Å². The maximum Gasteiger partial charge on any atom is 0.220 e. The van der Waals surface area contributed by atoms with Gasteiger partial charge in [-0.05, 0) is 38.0 Å². The van der Waals surface area contributed by atoms with E-state index in [1.54, 1.807) is 7.11 Å². The fourth-order valence-electron chi connectivity index (χ4n) is 3.80. The SMILES string of the molecule is COCCC1(NC(=O)CC2CCCC2)CCN(S(C)(=O)=O)CC1. The van der Waals surface area contributed by atoms with Gasteiger partial charge in [0.05, 0.1) is 6.26 Å². The van der Waals surface area contributed by atoms with E-state index in [4.69, 9.17) is 4.74 Å². The summed E-state index contributed by atoms with van der Waals surface area (Å²) >= 11 is 0. The summed E-state index contributed by atoms with van der Waals surface area (Å²) in [5.41, 5.74) is -0.327. The highest BCUT2D eigenvalue weighted by atomic mass is 32.2. The Labute approximate surface area is 140 Å². The van der Waals surface area contributed by atoms with E-state index in [1.165, 1.54) is 23.4 Å². The molecule has 0 atom stereocenters. The molecule has 0 spiro atoms. The van der Waals surface area contributed by atoms with Gasteiger partial charge in [-0.25, -0.2) is 12.7 Å². The van der Waals surface area contributed by atoms with Crippen LogP contribution in [-0.4, -0.2) is 57.2 Å². The zero-order valence-electron chi connectivity index (χ0n) is 14.3. The van der Waals surface area contributed by atoms with E-state index in [0.717, 1.165) is 19.3 Å². The van der Waals surface area contributed by atoms with Crippen LogP contribution in [0.15, 0.2) is 0 Å². The first kappa shape index (κ1) is 18.7. The van der Waals surface area contributed by atoms with Gasteiger partial charge in [-0.3, -0.25) is 4.79 Å². The predicted molar refractivity (Wildman–Crippen MR) is 89.6 cm³/mol. The maximum absolute atomic E-state index is 12.4. The van der Waals surface area contributed by atoms with Crippen molar-refractivity contribution in [2.45, 2.75) is 56.9 Å². The summed E-state index contributed by atoms with van der Waals surface area (Å²) in [7, 11) is -1.50. The molecule has 1 heterocycles. The quantitative estimate of drug-likeness (QED) is 0.758. The number of hydrogen-bond donors (Lipinski definition) is 1. The van der Waals surface area contributed by atoms with Crippen LogP contribution in [0.4, 0.5) is 0 Å². The third kappa shape index (κ3) is 5.43. The molecule has 6 nitrogen and oxygen atoms in total. The van der Waals surface area contributed by atoms with Crippen molar-refractivity contribution in [3.63, 3.8) is 0 Å². The minimum Gasteiger partial charge on any atom is -0.385 e. The van der Waals surface area contributed by atoms with Crippen molar-refractivity contribution in [1.82, 2.24) is 9.62 Å². The van der Waals surface area contributed by atoms with Gasteiger partial charge in [-0.1, -0.05) is 12.8 Å². The van der Waals surface area contributed by atoms with Crippen LogP contribution in [-0.2, 0) is 19.6 Å². The standard InChI is InChI=1S/C16H30N2O4S/c1-22-12-9-16(7-10-18(11-8-16)23(2,20)21)17-15(19)13-14-5-3-4-6-14/h14H,3-13H2,1-2H3,(H,17,19). The number of methoxy groups -OCH3 is 1. The summed E-state index contributed by atoms with van der Waals surface area (Å²) < 4.78 is 30.1. The van der Waals surface area contributed by atoms with Gasteiger partial charge in [0.1, 0.15) is 0 Å². The largest absolute Gasteiger partial charge is 0.385 e. The molecule has 1 amide bonds. The molecule has 0 aromatic heterocycles. The molecule has 2 fully saturated rings. The van der Waals surface area contributed by atoms with Gasteiger partial charge in [0.15, 0.2) is 0 Å². The number of nitrogens with one attached hydrogen (secondary N) is 1. The lowest BCUT2D eigenvalue weighted by atomic mass is 9.84. The Kier molecular flexibility index (Phi) is 6.45. The molecule has 0 aromatic rings. The normalized spacial score (nSPS) is 23.0. The molecule has 1 aliphatic carbocycles. The van der Waals surface area contributed by atoms with E-state index < -0.39 is 10.0 Å². The van der Waals surface area contributed by atoms with Gasteiger partial charge >= 0.3 is 0 Å².